The van der Waals surface area contributed by atoms with Crippen molar-refractivity contribution < 1.29 is 9.47 Å². The Kier molecular flexibility index (Phi) is 10.3. The van der Waals surface area contributed by atoms with Gasteiger partial charge in [0.25, 0.3) is 0 Å². The highest BCUT2D eigenvalue weighted by atomic mass is 16.5. The first-order chi connectivity index (χ1) is 23.8. The van der Waals surface area contributed by atoms with Gasteiger partial charge < -0.3 is 9.47 Å². The average Bonchev–Trinajstić information content (AvgIpc) is 3.13. The Hall–Kier alpha value is -4.30. The van der Waals surface area contributed by atoms with E-state index in [1.165, 1.54) is 118 Å². The molecule has 48 heavy (non-hydrogen) atoms. The lowest BCUT2D eigenvalue weighted by atomic mass is 9.91. The number of fused-ring (bicyclic) bond motifs is 9. The Morgan fingerprint density at radius 2 is 0.729 bits per heavy atom. The zero-order valence-corrected chi connectivity index (χ0v) is 29.0. The standard InChI is InChI=1S/C46H50O2/c1-3-5-7-9-11-17-27-47-45-43-29-35-25-23-33-19-13-15-21-37(33)39(35)31-41(43)42-32-40-36(26-24-34-20-14-16-22-38(34)40)30-44(42)46(45)48-28-18-12-10-8-6-4-2/h13-16,19-26,29-32H,3-12,17-18,27-28H2,1-2H3. The Morgan fingerprint density at radius 1 is 0.333 bits per heavy atom. The number of ether oxygens (including phenoxy) is 2. The molecule has 0 heterocycles. The first kappa shape index (κ1) is 32.3. The molecule has 0 N–H and O–H groups in total. The Bertz CT molecular complexity index is 2020. The van der Waals surface area contributed by atoms with Gasteiger partial charge in [0.1, 0.15) is 0 Å². The van der Waals surface area contributed by atoms with Crippen molar-refractivity contribution >= 4 is 64.6 Å². The van der Waals surface area contributed by atoms with Crippen LogP contribution in [0.1, 0.15) is 90.9 Å². The molecule has 0 fully saturated rings. The van der Waals surface area contributed by atoms with Crippen LogP contribution in [0.25, 0.3) is 64.6 Å². The Morgan fingerprint density at radius 3 is 1.19 bits per heavy atom. The summed E-state index contributed by atoms with van der Waals surface area (Å²) in [7, 11) is 0. The molecule has 0 atom stereocenters. The summed E-state index contributed by atoms with van der Waals surface area (Å²) in [4.78, 5) is 0. The molecule has 0 aliphatic carbocycles. The fourth-order valence-electron chi connectivity index (χ4n) is 7.58. The van der Waals surface area contributed by atoms with Gasteiger partial charge in [0.15, 0.2) is 11.5 Å². The summed E-state index contributed by atoms with van der Waals surface area (Å²) in [6.07, 6.45) is 14.9. The van der Waals surface area contributed by atoms with Crippen molar-refractivity contribution in [3.05, 3.63) is 97.1 Å². The topological polar surface area (TPSA) is 18.5 Å². The summed E-state index contributed by atoms with van der Waals surface area (Å²) >= 11 is 0. The van der Waals surface area contributed by atoms with Gasteiger partial charge in [0, 0.05) is 10.8 Å². The molecule has 7 rings (SSSR count). The molecule has 2 nitrogen and oxygen atoms in total. The van der Waals surface area contributed by atoms with Crippen LogP contribution in [-0.4, -0.2) is 13.2 Å². The second-order valence-electron chi connectivity index (χ2n) is 13.7. The van der Waals surface area contributed by atoms with E-state index in [1.807, 2.05) is 0 Å². The summed E-state index contributed by atoms with van der Waals surface area (Å²) in [5.41, 5.74) is 0. The van der Waals surface area contributed by atoms with Crippen LogP contribution in [0.4, 0.5) is 0 Å². The van der Waals surface area contributed by atoms with E-state index in [1.54, 1.807) is 0 Å². The van der Waals surface area contributed by atoms with Crippen molar-refractivity contribution in [2.75, 3.05) is 13.2 Å². The van der Waals surface area contributed by atoms with E-state index >= 15 is 0 Å². The van der Waals surface area contributed by atoms with Gasteiger partial charge in [-0.15, -0.1) is 0 Å². The molecule has 0 radical (unpaired) electrons. The Balaban J connectivity index is 1.41. The average molecular weight is 635 g/mol. The van der Waals surface area contributed by atoms with E-state index in [4.69, 9.17) is 9.47 Å². The highest BCUT2D eigenvalue weighted by molar-refractivity contribution is 6.24. The molecular formula is C46H50O2. The maximum atomic E-state index is 6.87. The highest BCUT2D eigenvalue weighted by Gasteiger charge is 2.20. The fraction of sp³-hybridized carbons (Fsp3) is 0.348. The second-order valence-corrected chi connectivity index (χ2v) is 13.7. The second kappa shape index (κ2) is 15.3. The van der Waals surface area contributed by atoms with Gasteiger partial charge in [-0.1, -0.05) is 151 Å². The predicted molar refractivity (Wildman–Crippen MR) is 209 cm³/mol. The summed E-state index contributed by atoms with van der Waals surface area (Å²) in [5, 5.41) is 14.9. The normalized spacial score (nSPS) is 11.9. The number of benzene rings is 7. The van der Waals surface area contributed by atoms with Crippen molar-refractivity contribution in [1.29, 1.82) is 0 Å². The maximum Gasteiger partial charge on any atom is 0.169 e. The summed E-state index contributed by atoms with van der Waals surface area (Å²) in [5.74, 6) is 1.82. The third kappa shape index (κ3) is 6.68. The molecule has 0 spiro atoms. The van der Waals surface area contributed by atoms with Gasteiger partial charge in [-0.05, 0) is 91.0 Å². The maximum absolute atomic E-state index is 6.87. The largest absolute Gasteiger partial charge is 0.489 e. The van der Waals surface area contributed by atoms with E-state index in [-0.39, 0.29) is 0 Å². The third-order valence-corrected chi connectivity index (χ3v) is 10.2. The van der Waals surface area contributed by atoms with Crippen molar-refractivity contribution in [3.63, 3.8) is 0 Å². The minimum atomic E-state index is 0.702. The molecule has 246 valence electrons. The van der Waals surface area contributed by atoms with Gasteiger partial charge in [-0.3, -0.25) is 0 Å². The minimum absolute atomic E-state index is 0.702. The molecular weight excluding hydrogens is 585 g/mol. The monoisotopic (exact) mass is 634 g/mol. The SMILES string of the molecule is CCCCCCCCOc1c(OCCCCCCCC)c2cc3ccc4ccccc4c3cc2c2cc3c(ccc4ccccc43)cc12. The molecule has 0 saturated carbocycles. The summed E-state index contributed by atoms with van der Waals surface area (Å²) in [6.45, 7) is 5.96. The Labute approximate surface area is 286 Å². The van der Waals surface area contributed by atoms with E-state index in [0.29, 0.717) is 13.2 Å². The first-order valence-corrected chi connectivity index (χ1v) is 18.7. The quantitative estimate of drug-likeness (QED) is 0.0598. The first-order valence-electron chi connectivity index (χ1n) is 18.7. The van der Waals surface area contributed by atoms with Crippen molar-refractivity contribution in [2.24, 2.45) is 0 Å². The fourth-order valence-corrected chi connectivity index (χ4v) is 7.58. The van der Waals surface area contributed by atoms with Crippen LogP contribution >= 0.6 is 0 Å². The van der Waals surface area contributed by atoms with E-state index in [2.05, 4.69) is 111 Å². The van der Waals surface area contributed by atoms with Gasteiger partial charge in [-0.2, -0.15) is 0 Å². The molecule has 0 saturated heterocycles. The molecule has 0 aromatic heterocycles. The minimum Gasteiger partial charge on any atom is -0.489 e. The van der Waals surface area contributed by atoms with Crippen LogP contribution in [0.2, 0.25) is 0 Å². The van der Waals surface area contributed by atoms with Crippen LogP contribution in [0, 0.1) is 0 Å². The lowest BCUT2D eigenvalue weighted by Gasteiger charge is -2.20. The lowest BCUT2D eigenvalue weighted by molar-refractivity contribution is 0.263. The van der Waals surface area contributed by atoms with Crippen LogP contribution in [0.3, 0.4) is 0 Å². The van der Waals surface area contributed by atoms with Crippen molar-refractivity contribution in [3.8, 4) is 11.5 Å². The zero-order chi connectivity index (χ0) is 32.7. The summed E-state index contributed by atoms with van der Waals surface area (Å²) < 4.78 is 13.7. The van der Waals surface area contributed by atoms with E-state index in [0.717, 1.165) is 35.1 Å². The number of hydrogen-bond donors (Lipinski definition) is 0. The highest BCUT2D eigenvalue weighted by Crippen LogP contribution is 2.47. The van der Waals surface area contributed by atoms with Crippen LogP contribution < -0.4 is 9.47 Å². The number of rotatable bonds is 16. The van der Waals surface area contributed by atoms with Crippen LogP contribution in [-0.2, 0) is 0 Å². The molecule has 0 unspecified atom stereocenters. The molecule has 0 amide bonds. The molecule has 2 heteroatoms. The molecule has 0 bridgehead atoms. The number of unbranched alkanes of at least 4 members (excludes halogenated alkanes) is 10. The molecule has 0 aliphatic heterocycles. The lowest BCUT2D eigenvalue weighted by Crippen LogP contribution is -2.04. The van der Waals surface area contributed by atoms with Crippen LogP contribution in [0.15, 0.2) is 97.1 Å². The zero-order valence-electron chi connectivity index (χ0n) is 29.0. The molecule has 7 aromatic carbocycles. The van der Waals surface area contributed by atoms with Gasteiger partial charge in [0.2, 0.25) is 0 Å². The van der Waals surface area contributed by atoms with E-state index < -0.39 is 0 Å². The van der Waals surface area contributed by atoms with E-state index in [9.17, 15) is 0 Å². The van der Waals surface area contributed by atoms with Crippen LogP contribution in [0.5, 0.6) is 11.5 Å². The van der Waals surface area contributed by atoms with Gasteiger partial charge in [0.05, 0.1) is 13.2 Å². The van der Waals surface area contributed by atoms with Gasteiger partial charge >= 0.3 is 0 Å². The molecule has 0 aliphatic rings. The third-order valence-electron chi connectivity index (χ3n) is 10.2. The van der Waals surface area contributed by atoms with Gasteiger partial charge in [-0.25, -0.2) is 0 Å². The number of hydrogen-bond acceptors (Lipinski definition) is 2. The smallest absolute Gasteiger partial charge is 0.169 e. The van der Waals surface area contributed by atoms with Crippen molar-refractivity contribution in [1.82, 2.24) is 0 Å². The predicted octanol–water partition coefficient (Wildman–Crippen LogP) is 14.1. The molecule has 7 aromatic rings. The van der Waals surface area contributed by atoms with Crippen molar-refractivity contribution in [2.45, 2.75) is 90.9 Å². The summed E-state index contributed by atoms with van der Waals surface area (Å²) in [6, 6.07) is 36.1.